The number of hydrogen-bond donors (Lipinski definition) is 1. The van der Waals surface area contributed by atoms with Crippen molar-refractivity contribution in [1.29, 1.82) is 0 Å². The highest BCUT2D eigenvalue weighted by molar-refractivity contribution is 8.18. The molecule has 0 atom stereocenters. The Morgan fingerprint density at radius 1 is 1.06 bits per heavy atom. The van der Waals surface area contributed by atoms with E-state index in [9.17, 15) is 24.3 Å². The largest absolute Gasteiger partial charge is 0.478 e. The van der Waals surface area contributed by atoms with Gasteiger partial charge in [0.05, 0.1) is 10.5 Å². The summed E-state index contributed by atoms with van der Waals surface area (Å²) in [4.78, 5) is 51.9. The molecule has 0 spiro atoms. The molecule has 160 valence electrons. The molecule has 2 fully saturated rings. The van der Waals surface area contributed by atoms with Crippen molar-refractivity contribution in [1.82, 2.24) is 14.4 Å². The summed E-state index contributed by atoms with van der Waals surface area (Å²) >= 11 is 0.801. The summed E-state index contributed by atoms with van der Waals surface area (Å²) in [5.41, 5.74) is 1.39. The second-order valence-electron chi connectivity index (χ2n) is 7.37. The van der Waals surface area contributed by atoms with Crippen LogP contribution in [0.3, 0.4) is 0 Å². The molecule has 2 aromatic rings. The first-order chi connectivity index (χ1) is 14.9. The van der Waals surface area contributed by atoms with Crippen molar-refractivity contribution in [2.75, 3.05) is 19.6 Å². The maximum atomic E-state index is 12.8. The number of carbonyl (C=O) groups is 4. The molecule has 1 aromatic heterocycles. The van der Waals surface area contributed by atoms with Gasteiger partial charge in [0, 0.05) is 30.7 Å². The monoisotopic (exact) mass is 439 g/mol. The zero-order valence-electron chi connectivity index (χ0n) is 16.7. The first-order valence-corrected chi connectivity index (χ1v) is 10.8. The predicted molar refractivity (Wildman–Crippen MR) is 116 cm³/mol. The standard InChI is InChI=1S/C22H21N3O5S/c26-19(23-9-2-1-3-10-23)14-25-20(27)18(31-22(25)30)13-17-8-5-11-24(17)16-7-4-6-15(12-16)21(28)29/h4-8,11-13H,1-3,9-10,14H2,(H,28,29). The summed E-state index contributed by atoms with van der Waals surface area (Å²) in [7, 11) is 0. The SMILES string of the molecule is O=C(O)c1cccc(-n2cccc2C=C2SC(=O)N(CC(=O)N3CCCCC3)C2=O)c1. The highest BCUT2D eigenvalue weighted by atomic mass is 32.2. The third kappa shape index (κ3) is 4.41. The van der Waals surface area contributed by atoms with Gasteiger partial charge in [-0.3, -0.25) is 19.3 Å². The Morgan fingerprint density at radius 3 is 2.58 bits per heavy atom. The molecule has 8 nitrogen and oxygen atoms in total. The highest BCUT2D eigenvalue weighted by Gasteiger charge is 2.37. The van der Waals surface area contributed by atoms with Crippen molar-refractivity contribution < 1.29 is 24.3 Å². The lowest BCUT2D eigenvalue weighted by molar-refractivity contribution is -0.136. The van der Waals surface area contributed by atoms with E-state index >= 15 is 0 Å². The van der Waals surface area contributed by atoms with Crippen LogP contribution in [0.25, 0.3) is 11.8 Å². The van der Waals surface area contributed by atoms with Crippen molar-refractivity contribution in [3.8, 4) is 5.69 Å². The van der Waals surface area contributed by atoms with Gasteiger partial charge in [0.1, 0.15) is 6.54 Å². The van der Waals surface area contributed by atoms with E-state index in [1.165, 1.54) is 12.1 Å². The average molecular weight is 439 g/mol. The van der Waals surface area contributed by atoms with E-state index < -0.39 is 17.1 Å². The lowest BCUT2D eigenvalue weighted by atomic mass is 10.1. The number of hydrogen-bond acceptors (Lipinski definition) is 5. The van der Waals surface area contributed by atoms with Crippen molar-refractivity contribution >= 4 is 40.9 Å². The van der Waals surface area contributed by atoms with Gasteiger partial charge in [0.15, 0.2) is 0 Å². The van der Waals surface area contributed by atoms with Crippen LogP contribution >= 0.6 is 11.8 Å². The number of likely N-dealkylation sites (tertiary alicyclic amines) is 1. The minimum Gasteiger partial charge on any atom is -0.478 e. The number of piperidine rings is 1. The minimum atomic E-state index is -1.03. The Balaban J connectivity index is 1.54. The molecule has 4 rings (SSSR count). The van der Waals surface area contributed by atoms with Crippen LogP contribution in [-0.4, -0.2) is 62.1 Å². The number of rotatable bonds is 5. The summed E-state index contributed by atoms with van der Waals surface area (Å²) < 4.78 is 1.74. The number of aromatic carboxylic acids is 1. The number of nitrogens with zero attached hydrogens (tertiary/aromatic N) is 3. The maximum absolute atomic E-state index is 12.8. The van der Waals surface area contributed by atoms with E-state index in [-0.39, 0.29) is 22.9 Å². The lowest BCUT2D eigenvalue weighted by Gasteiger charge is -2.27. The van der Waals surface area contributed by atoms with Crippen molar-refractivity contribution in [3.63, 3.8) is 0 Å². The van der Waals surface area contributed by atoms with Gasteiger partial charge < -0.3 is 14.6 Å². The van der Waals surface area contributed by atoms with Gasteiger partial charge in [0.2, 0.25) is 5.91 Å². The van der Waals surface area contributed by atoms with E-state index in [1.807, 2.05) is 0 Å². The molecule has 0 unspecified atom stereocenters. The van der Waals surface area contributed by atoms with Gasteiger partial charge >= 0.3 is 5.97 Å². The number of carboxylic acid groups (broad SMARTS) is 1. The number of thioether (sulfide) groups is 1. The molecule has 3 amide bonds. The number of imide groups is 1. The van der Waals surface area contributed by atoms with Crippen LogP contribution in [0.2, 0.25) is 0 Å². The van der Waals surface area contributed by atoms with Gasteiger partial charge in [0.25, 0.3) is 11.1 Å². The molecule has 1 aromatic carbocycles. The van der Waals surface area contributed by atoms with Gasteiger partial charge in [-0.1, -0.05) is 6.07 Å². The Kier molecular flexibility index (Phi) is 5.94. The van der Waals surface area contributed by atoms with E-state index in [0.717, 1.165) is 35.9 Å². The number of carboxylic acids is 1. The first kappa shape index (κ1) is 20.9. The van der Waals surface area contributed by atoms with Crippen LogP contribution < -0.4 is 0 Å². The van der Waals surface area contributed by atoms with Crippen LogP contribution in [0.5, 0.6) is 0 Å². The molecule has 9 heteroatoms. The van der Waals surface area contributed by atoms with Crippen molar-refractivity contribution in [3.05, 3.63) is 58.8 Å². The molecule has 1 N–H and O–H groups in total. The zero-order chi connectivity index (χ0) is 22.0. The number of amides is 3. The van der Waals surface area contributed by atoms with Crippen LogP contribution in [0, 0.1) is 0 Å². The third-order valence-electron chi connectivity index (χ3n) is 5.31. The smallest absolute Gasteiger partial charge is 0.335 e. The summed E-state index contributed by atoms with van der Waals surface area (Å²) in [6.07, 6.45) is 6.30. The Bertz CT molecular complexity index is 1080. The van der Waals surface area contributed by atoms with Crippen molar-refractivity contribution in [2.24, 2.45) is 0 Å². The number of benzene rings is 1. The Morgan fingerprint density at radius 2 is 1.84 bits per heavy atom. The molecule has 0 aliphatic carbocycles. The topological polar surface area (TPSA) is 99.9 Å². The van der Waals surface area contributed by atoms with Gasteiger partial charge in [-0.25, -0.2) is 4.79 Å². The fourth-order valence-corrected chi connectivity index (χ4v) is 4.51. The summed E-state index contributed by atoms with van der Waals surface area (Å²) in [6, 6.07) is 9.96. The molecular formula is C22H21N3O5S. The summed E-state index contributed by atoms with van der Waals surface area (Å²) in [5, 5.41) is 8.76. The zero-order valence-corrected chi connectivity index (χ0v) is 17.5. The fraction of sp³-hybridized carbons (Fsp3) is 0.273. The normalized spacial score (nSPS) is 18.1. The van der Waals surface area contributed by atoms with Crippen LogP contribution in [0.1, 0.15) is 35.3 Å². The first-order valence-electron chi connectivity index (χ1n) is 9.98. The van der Waals surface area contributed by atoms with E-state index in [4.69, 9.17) is 0 Å². The van der Waals surface area contributed by atoms with Gasteiger partial charge in [-0.15, -0.1) is 0 Å². The Hall–Kier alpha value is -3.33. The maximum Gasteiger partial charge on any atom is 0.335 e. The van der Waals surface area contributed by atoms with Crippen molar-refractivity contribution in [2.45, 2.75) is 19.3 Å². The quantitative estimate of drug-likeness (QED) is 0.718. The van der Waals surface area contributed by atoms with Gasteiger partial charge in [-0.05, 0) is 67.4 Å². The van der Waals surface area contributed by atoms with E-state index in [1.54, 1.807) is 46.0 Å². The molecule has 2 aliphatic heterocycles. The molecule has 2 saturated heterocycles. The average Bonchev–Trinajstić information content (AvgIpc) is 3.34. The lowest BCUT2D eigenvalue weighted by Crippen LogP contribution is -2.44. The van der Waals surface area contributed by atoms with Crippen LogP contribution in [0.4, 0.5) is 4.79 Å². The molecule has 0 bridgehead atoms. The number of aromatic nitrogens is 1. The number of carbonyl (C=O) groups excluding carboxylic acids is 3. The molecular weight excluding hydrogens is 418 g/mol. The molecule has 0 radical (unpaired) electrons. The molecule has 2 aliphatic rings. The minimum absolute atomic E-state index is 0.147. The van der Waals surface area contributed by atoms with E-state index in [2.05, 4.69) is 0 Å². The predicted octanol–water partition coefficient (Wildman–Crippen LogP) is 3.22. The third-order valence-corrected chi connectivity index (χ3v) is 6.21. The second kappa shape index (κ2) is 8.81. The fourth-order valence-electron chi connectivity index (χ4n) is 3.68. The molecule has 3 heterocycles. The van der Waals surface area contributed by atoms with E-state index in [0.29, 0.717) is 24.5 Å². The molecule has 0 saturated carbocycles. The second-order valence-corrected chi connectivity index (χ2v) is 8.36. The summed E-state index contributed by atoms with van der Waals surface area (Å²) in [6.45, 7) is 1.07. The highest BCUT2D eigenvalue weighted by Crippen LogP contribution is 2.32. The molecule has 31 heavy (non-hydrogen) atoms. The van der Waals surface area contributed by atoms with Gasteiger partial charge in [-0.2, -0.15) is 0 Å². The summed E-state index contributed by atoms with van der Waals surface area (Å²) in [5.74, 6) is -1.74. The Labute approximate surface area is 183 Å². The van der Waals surface area contributed by atoms with Crippen LogP contribution in [-0.2, 0) is 9.59 Å². The van der Waals surface area contributed by atoms with Crippen LogP contribution in [0.15, 0.2) is 47.5 Å².